The number of rotatable bonds is 4. The molecule has 0 saturated heterocycles. The average molecular weight is 231 g/mol. The van der Waals surface area contributed by atoms with E-state index in [-0.39, 0.29) is 18.9 Å². The van der Waals surface area contributed by atoms with Gasteiger partial charge in [-0.25, -0.2) is 13.6 Å². The Balaban J connectivity index is 2.49. The summed E-state index contributed by atoms with van der Waals surface area (Å²) in [7, 11) is 0. The molecule has 2 N–H and O–H groups in total. The van der Waals surface area contributed by atoms with Gasteiger partial charge in [-0.3, -0.25) is 0 Å². The lowest BCUT2D eigenvalue weighted by Crippen LogP contribution is -2.28. The highest BCUT2D eigenvalue weighted by atomic mass is 19.1. The van der Waals surface area contributed by atoms with Crippen molar-refractivity contribution in [2.45, 2.75) is 6.42 Å². The number of hydrogen-bond acceptors (Lipinski definition) is 3. The summed E-state index contributed by atoms with van der Waals surface area (Å²) in [5.41, 5.74) is 0. The Hall–Kier alpha value is -1.69. The van der Waals surface area contributed by atoms with E-state index < -0.39 is 17.7 Å². The zero-order chi connectivity index (χ0) is 12.0. The van der Waals surface area contributed by atoms with Crippen LogP contribution in [0.5, 0.6) is 5.75 Å². The van der Waals surface area contributed by atoms with Crippen molar-refractivity contribution in [2.24, 2.45) is 0 Å². The lowest BCUT2D eigenvalue weighted by Gasteiger charge is -2.06. The number of ether oxygens (including phenoxy) is 1. The molecule has 0 unspecified atom stereocenters. The molecule has 1 rings (SSSR count). The van der Waals surface area contributed by atoms with Gasteiger partial charge in [0.05, 0.1) is 0 Å². The van der Waals surface area contributed by atoms with Crippen LogP contribution in [0.15, 0.2) is 18.2 Å². The molecule has 1 amide bonds. The fraction of sp³-hybridized carbons (Fsp3) is 0.300. The Bertz CT molecular complexity index is 371. The maximum Gasteiger partial charge on any atom is 0.412 e. The van der Waals surface area contributed by atoms with E-state index in [9.17, 15) is 13.6 Å². The lowest BCUT2D eigenvalue weighted by molar-refractivity contribution is 0.196. The molecule has 0 fully saturated rings. The molecule has 16 heavy (non-hydrogen) atoms. The van der Waals surface area contributed by atoms with Crippen molar-refractivity contribution >= 4 is 6.09 Å². The second-order valence-corrected chi connectivity index (χ2v) is 2.97. The van der Waals surface area contributed by atoms with Crippen molar-refractivity contribution in [3.8, 4) is 5.75 Å². The Labute approximate surface area is 90.8 Å². The highest BCUT2D eigenvalue weighted by Gasteiger charge is 2.09. The van der Waals surface area contributed by atoms with Crippen molar-refractivity contribution in [1.29, 1.82) is 0 Å². The Kier molecular flexibility index (Phi) is 4.65. The minimum absolute atomic E-state index is 0.0643. The first-order valence-electron chi connectivity index (χ1n) is 4.65. The zero-order valence-electron chi connectivity index (χ0n) is 8.37. The third-order valence-corrected chi connectivity index (χ3v) is 1.70. The predicted molar refractivity (Wildman–Crippen MR) is 52.1 cm³/mol. The van der Waals surface area contributed by atoms with Crippen LogP contribution in [0.25, 0.3) is 0 Å². The van der Waals surface area contributed by atoms with Gasteiger partial charge >= 0.3 is 6.09 Å². The van der Waals surface area contributed by atoms with Crippen molar-refractivity contribution < 1.29 is 23.4 Å². The number of aliphatic hydroxyl groups is 1. The monoisotopic (exact) mass is 231 g/mol. The second-order valence-electron chi connectivity index (χ2n) is 2.97. The third kappa shape index (κ3) is 3.82. The number of amides is 1. The van der Waals surface area contributed by atoms with Gasteiger partial charge in [-0.1, -0.05) is 0 Å². The van der Waals surface area contributed by atoms with Crippen molar-refractivity contribution in [3.05, 3.63) is 29.8 Å². The second kappa shape index (κ2) is 6.02. The molecule has 0 bridgehead atoms. The highest BCUT2D eigenvalue weighted by molar-refractivity contribution is 5.70. The van der Waals surface area contributed by atoms with Crippen LogP contribution in [0.4, 0.5) is 13.6 Å². The van der Waals surface area contributed by atoms with Gasteiger partial charge in [0.2, 0.25) is 0 Å². The van der Waals surface area contributed by atoms with Gasteiger partial charge in [-0.15, -0.1) is 0 Å². The van der Waals surface area contributed by atoms with Crippen LogP contribution >= 0.6 is 0 Å². The van der Waals surface area contributed by atoms with Crippen LogP contribution in [0.3, 0.4) is 0 Å². The molecule has 4 nitrogen and oxygen atoms in total. The van der Waals surface area contributed by atoms with Gasteiger partial charge in [0.15, 0.2) is 11.6 Å². The summed E-state index contributed by atoms with van der Waals surface area (Å²) in [6, 6.07) is 2.63. The van der Waals surface area contributed by atoms with Crippen molar-refractivity contribution in [3.63, 3.8) is 0 Å². The molecule has 0 saturated carbocycles. The highest BCUT2D eigenvalue weighted by Crippen LogP contribution is 2.17. The van der Waals surface area contributed by atoms with Gasteiger partial charge in [-0.05, 0) is 18.6 Å². The molecule has 0 aliphatic heterocycles. The van der Waals surface area contributed by atoms with Crippen LogP contribution in [0.2, 0.25) is 0 Å². The Morgan fingerprint density at radius 3 is 2.81 bits per heavy atom. The van der Waals surface area contributed by atoms with Crippen molar-refractivity contribution in [2.75, 3.05) is 13.2 Å². The first-order valence-corrected chi connectivity index (χ1v) is 4.65. The third-order valence-electron chi connectivity index (χ3n) is 1.70. The minimum Gasteiger partial charge on any atom is -0.407 e. The fourth-order valence-corrected chi connectivity index (χ4v) is 0.963. The largest absolute Gasteiger partial charge is 0.412 e. The maximum absolute atomic E-state index is 13.0. The van der Waals surface area contributed by atoms with Gasteiger partial charge in [0, 0.05) is 19.2 Å². The molecule has 0 atom stereocenters. The standard InChI is InChI=1S/C10H11F2NO3/c11-7-2-3-9(8(12)6-7)16-10(15)13-4-1-5-14/h2-3,6,14H,1,4-5H2,(H,13,15). The summed E-state index contributed by atoms with van der Waals surface area (Å²) in [6.07, 6.45) is -0.472. The van der Waals surface area contributed by atoms with Crippen LogP contribution in [0.1, 0.15) is 6.42 Å². The number of carbonyl (C=O) groups excluding carboxylic acids is 1. The molecule has 88 valence electrons. The van der Waals surface area contributed by atoms with Gasteiger partial charge in [0.1, 0.15) is 5.82 Å². The van der Waals surface area contributed by atoms with Crippen LogP contribution in [-0.2, 0) is 0 Å². The molecule has 0 spiro atoms. The van der Waals surface area contributed by atoms with Crippen LogP contribution < -0.4 is 10.1 Å². The molecular formula is C10H11F2NO3. The van der Waals surface area contributed by atoms with E-state index in [2.05, 4.69) is 10.1 Å². The summed E-state index contributed by atoms with van der Waals surface area (Å²) in [5.74, 6) is -2.04. The molecular weight excluding hydrogens is 220 g/mol. The predicted octanol–water partition coefficient (Wildman–Crippen LogP) is 1.44. The van der Waals surface area contributed by atoms with Crippen LogP contribution in [0, 0.1) is 11.6 Å². The summed E-state index contributed by atoms with van der Waals surface area (Å²) < 4.78 is 30.1. The van der Waals surface area contributed by atoms with Gasteiger partial charge < -0.3 is 15.2 Å². The number of halogens is 2. The van der Waals surface area contributed by atoms with E-state index in [0.717, 1.165) is 12.1 Å². The van der Waals surface area contributed by atoms with E-state index >= 15 is 0 Å². The van der Waals surface area contributed by atoms with Crippen LogP contribution in [-0.4, -0.2) is 24.4 Å². The van der Waals surface area contributed by atoms with E-state index in [1.165, 1.54) is 0 Å². The van der Waals surface area contributed by atoms with Gasteiger partial charge in [-0.2, -0.15) is 0 Å². The van der Waals surface area contributed by atoms with E-state index in [1.54, 1.807) is 0 Å². The number of nitrogens with one attached hydrogen (secondary N) is 1. The molecule has 6 heteroatoms. The Morgan fingerprint density at radius 1 is 1.44 bits per heavy atom. The summed E-state index contributed by atoms with van der Waals surface area (Å²) in [4.78, 5) is 11.0. The lowest BCUT2D eigenvalue weighted by atomic mass is 10.3. The van der Waals surface area contributed by atoms with E-state index in [1.807, 2.05) is 0 Å². The summed E-state index contributed by atoms with van der Waals surface area (Å²) in [5, 5.41) is 10.7. The normalized spacial score (nSPS) is 9.94. The Morgan fingerprint density at radius 2 is 2.19 bits per heavy atom. The fourth-order valence-electron chi connectivity index (χ4n) is 0.963. The number of benzene rings is 1. The topological polar surface area (TPSA) is 58.6 Å². The summed E-state index contributed by atoms with van der Waals surface area (Å²) in [6.45, 7) is 0.156. The molecule has 0 radical (unpaired) electrons. The molecule has 0 aromatic heterocycles. The quantitative estimate of drug-likeness (QED) is 0.771. The summed E-state index contributed by atoms with van der Waals surface area (Å²) >= 11 is 0. The minimum atomic E-state index is -0.947. The zero-order valence-corrected chi connectivity index (χ0v) is 8.37. The van der Waals surface area contributed by atoms with E-state index in [0.29, 0.717) is 12.5 Å². The molecule has 1 aromatic carbocycles. The molecule has 1 aromatic rings. The number of hydrogen-bond donors (Lipinski definition) is 2. The molecule has 0 aliphatic carbocycles. The number of aliphatic hydroxyl groups excluding tert-OH is 1. The number of carbonyl (C=O) groups is 1. The smallest absolute Gasteiger partial charge is 0.407 e. The van der Waals surface area contributed by atoms with Crippen molar-refractivity contribution in [1.82, 2.24) is 5.32 Å². The van der Waals surface area contributed by atoms with Gasteiger partial charge in [0.25, 0.3) is 0 Å². The first kappa shape index (κ1) is 12.4. The molecule has 0 heterocycles. The molecule has 0 aliphatic rings. The SMILES string of the molecule is O=C(NCCCO)Oc1ccc(F)cc1F. The maximum atomic E-state index is 13.0. The van der Waals surface area contributed by atoms with E-state index in [4.69, 9.17) is 5.11 Å². The first-order chi connectivity index (χ1) is 7.63. The average Bonchev–Trinajstić information content (AvgIpc) is 2.23.